The third-order valence-electron chi connectivity index (χ3n) is 3.82. The Hall–Kier alpha value is -1.37. The van der Waals surface area contributed by atoms with Gasteiger partial charge in [0.2, 0.25) is 0 Å². The van der Waals surface area contributed by atoms with Crippen LogP contribution in [0.5, 0.6) is 0 Å². The average Bonchev–Trinajstić information content (AvgIpc) is 3.05. The predicted octanol–water partition coefficient (Wildman–Crippen LogP) is 5.30. The quantitative estimate of drug-likeness (QED) is 0.423. The summed E-state index contributed by atoms with van der Waals surface area (Å²) in [6.07, 6.45) is 8.60. The second kappa shape index (κ2) is 7.07. The maximum absolute atomic E-state index is 3.61. The van der Waals surface area contributed by atoms with Crippen molar-refractivity contribution in [2.24, 2.45) is 0 Å². The fraction of sp³-hybridized carbons (Fsp3) is 0.100. The molecule has 0 heterocycles. The Labute approximate surface area is 143 Å². The zero-order valence-electron chi connectivity index (χ0n) is 12.6. The van der Waals surface area contributed by atoms with E-state index in [4.69, 9.17) is 0 Å². The number of hydrogen-bond acceptors (Lipinski definition) is 0. The molecule has 0 N–H and O–H groups in total. The largest absolute Gasteiger partial charge is 3.00 e. The van der Waals surface area contributed by atoms with Gasteiger partial charge < -0.3 is 14.9 Å². The SMILES string of the molecule is [CH3-].[CH3-].[Ti+3].[c-]1c(C2=CC=CC2)ccc2c1Cc1ccccc1-2. The first kappa shape index (κ1) is 17.7. The van der Waals surface area contributed by atoms with Crippen LogP contribution in [0.2, 0.25) is 0 Å². The Kier molecular flexibility index (Phi) is 5.95. The summed E-state index contributed by atoms with van der Waals surface area (Å²) in [7, 11) is 0. The van der Waals surface area contributed by atoms with Crippen LogP contribution in [-0.4, -0.2) is 0 Å². The van der Waals surface area contributed by atoms with Crippen LogP contribution in [0.4, 0.5) is 0 Å². The third-order valence-corrected chi connectivity index (χ3v) is 3.82. The van der Waals surface area contributed by atoms with E-state index in [0.29, 0.717) is 0 Å². The summed E-state index contributed by atoms with van der Waals surface area (Å²) in [6.45, 7) is 0. The van der Waals surface area contributed by atoms with Gasteiger partial charge in [0.15, 0.2) is 0 Å². The summed E-state index contributed by atoms with van der Waals surface area (Å²) >= 11 is 0. The normalized spacial score (nSPS) is 13.2. The molecule has 1 heteroatoms. The maximum atomic E-state index is 3.61. The van der Waals surface area contributed by atoms with Crippen molar-refractivity contribution < 1.29 is 21.7 Å². The molecular weight excluding hydrogens is 288 g/mol. The van der Waals surface area contributed by atoms with Crippen molar-refractivity contribution in [2.45, 2.75) is 12.8 Å². The molecule has 0 nitrogen and oxygen atoms in total. The van der Waals surface area contributed by atoms with Crippen molar-refractivity contribution in [3.8, 4) is 11.1 Å². The van der Waals surface area contributed by atoms with Crippen molar-refractivity contribution in [1.29, 1.82) is 0 Å². The molecule has 0 aromatic heterocycles. The van der Waals surface area contributed by atoms with Crippen LogP contribution in [0.3, 0.4) is 0 Å². The molecule has 2 aliphatic rings. The molecule has 0 amide bonds. The van der Waals surface area contributed by atoms with Crippen LogP contribution in [0.15, 0.2) is 54.6 Å². The standard InChI is InChI=1S/C18H13.2CH3.Ti/c1-2-6-13(5-1)14-9-10-18-16(11-14)12-15-7-3-4-8-17(15)18;;;/h1-5,7-10H,6,12H2;2*1H3;/q3*-1;+3. The minimum absolute atomic E-state index is 0. The molecule has 1 radical (unpaired) electrons. The second-order valence-corrected chi connectivity index (χ2v) is 4.92. The summed E-state index contributed by atoms with van der Waals surface area (Å²) in [4.78, 5) is 0. The summed E-state index contributed by atoms with van der Waals surface area (Å²) in [5.41, 5.74) is 8.16. The van der Waals surface area contributed by atoms with Gasteiger partial charge in [-0.1, -0.05) is 47.5 Å². The topological polar surface area (TPSA) is 0 Å². The molecule has 0 fully saturated rings. The van der Waals surface area contributed by atoms with Gasteiger partial charge in [0.1, 0.15) is 0 Å². The van der Waals surface area contributed by atoms with Gasteiger partial charge in [0.05, 0.1) is 0 Å². The molecule has 21 heavy (non-hydrogen) atoms. The smallest absolute Gasteiger partial charge is 0.358 e. The van der Waals surface area contributed by atoms with Crippen LogP contribution in [0.25, 0.3) is 16.7 Å². The van der Waals surface area contributed by atoms with E-state index in [1.807, 2.05) is 0 Å². The van der Waals surface area contributed by atoms with Gasteiger partial charge in [0.25, 0.3) is 0 Å². The molecule has 2 aliphatic carbocycles. The monoisotopic (exact) mass is 307 g/mol. The molecular formula is C20H19Ti. The summed E-state index contributed by atoms with van der Waals surface area (Å²) < 4.78 is 0. The summed E-state index contributed by atoms with van der Waals surface area (Å²) in [5.74, 6) is 0. The number of hydrogen-bond donors (Lipinski definition) is 0. The van der Waals surface area contributed by atoms with Gasteiger partial charge in [-0.3, -0.25) is 0 Å². The molecule has 0 bridgehead atoms. The van der Waals surface area contributed by atoms with Crippen molar-refractivity contribution in [3.63, 3.8) is 0 Å². The Morgan fingerprint density at radius 1 is 0.905 bits per heavy atom. The number of fused-ring (bicyclic) bond motifs is 3. The predicted molar refractivity (Wildman–Crippen MR) is 88.1 cm³/mol. The van der Waals surface area contributed by atoms with Gasteiger partial charge in [-0.15, -0.1) is 41.0 Å². The molecule has 2 aromatic rings. The first-order valence-electron chi connectivity index (χ1n) is 6.41. The van der Waals surface area contributed by atoms with E-state index in [-0.39, 0.29) is 36.6 Å². The molecule has 0 atom stereocenters. The molecule has 0 unspecified atom stereocenters. The maximum Gasteiger partial charge on any atom is 3.00 e. The number of rotatable bonds is 1. The summed E-state index contributed by atoms with van der Waals surface area (Å²) in [6, 6.07) is 16.7. The average molecular weight is 307 g/mol. The van der Waals surface area contributed by atoms with Gasteiger partial charge in [0, 0.05) is 0 Å². The van der Waals surface area contributed by atoms with Gasteiger partial charge in [-0.25, -0.2) is 0 Å². The molecule has 103 valence electrons. The van der Waals surface area contributed by atoms with E-state index in [1.54, 1.807) is 0 Å². The second-order valence-electron chi connectivity index (χ2n) is 4.92. The van der Waals surface area contributed by atoms with Crippen molar-refractivity contribution in [1.82, 2.24) is 0 Å². The zero-order chi connectivity index (χ0) is 11.9. The summed E-state index contributed by atoms with van der Waals surface area (Å²) in [5, 5.41) is 0. The third kappa shape index (κ3) is 2.97. The van der Waals surface area contributed by atoms with Crippen LogP contribution < -0.4 is 0 Å². The van der Waals surface area contributed by atoms with E-state index in [1.165, 1.54) is 33.4 Å². The Morgan fingerprint density at radius 3 is 2.48 bits per heavy atom. The van der Waals surface area contributed by atoms with Crippen LogP contribution in [-0.2, 0) is 28.1 Å². The van der Waals surface area contributed by atoms with Gasteiger partial charge in [-0.2, -0.15) is 0 Å². The first-order valence-corrected chi connectivity index (χ1v) is 6.41. The van der Waals surface area contributed by atoms with Crippen LogP contribution >= 0.6 is 0 Å². The molecule has 4 rings (SSSR count). The van der Waals surface area contributed by atoms with Crippen LogP contribution in [0.1, 0.15) is 23.1 Å². The fourth-order valence-corrected chi connectivity index (χ4v) is 2.89. The first-order chi connectivity index (χ1) is 8.92. The van der Waals surface area contributed by atoms with Crippen molar-refractivity contribution in [2.75, 3.05) is 0 Å². The van der Waals surface area contributed by atoms with Gasteiger partial charge >= 0.3 is 21.7 Å². The van der Waals surface area contributed by atoms with E-state index in [0.717, 1.165) is 12.8 Å². The number of allylic oxidation sites excluding steroid dienone is 4. The zero-order valence-corrected chi connectivity index (χ0v) is 14.2. The molecule has 2 aromatic carbocycles. The van der Waals surface area contributed by atoms with E-state index in [9.17, 15) is 0 Å². The van der Waals surface area contributed by atoms with Gasteiger partial charge in [-0.05, 0) is 18.4 Å². The Morgan fingerprint density at radius 2 is 1.71 bits per heavy atom. The molecule has 0 saturated carbocycles. The molecule has 0 spiro atoms. The Bertz CT molecular complexity index is 693. The van der Waals surface area contributed by atoms with E-state index < -0.39 is 0 Å². The fourth-order valence-electron chi connectivity index (χ4n) is 2.89. The molecule has 0 aliphatic heterocycles. The van der Waals surface area contributed by atoms with E-state index >= 15 is 0 Å². The number of benzene rings is 2. The minimum atomic E-state index is 0. The van der Waals surface area contributed by atoms with E-state index in [2.05, 4.69) is 60.7 Å². The Balaban J connectivity index is 0.000000735. The minimum Gasteiger partial charge on any atom is -0.358 e. The van der Waals surface area contributed by atoms with Crippen molar-refractivity contribution >= 4 is 5.57 Å². The van der Waals surface area contributed by atoms with Crippen molar-refractivity contribution in [3.05, 3.63) is 92.2 Å². The van der Waals surface area contributed by atoms with Crippen LogP contribution in [0, 0.1) is 20.9 Å². The molecule has 0 saturated heterocycles.